The van der Waals surface area contributed by atoms with Gasteiger partial charge in [-0.2, -0.15) is 8.78 Å². The van der Waals surface area contributed by atoms with Crippen molar-refractivity contribution in [3.63, 3.8) is 0 Å². The smallest absolute Gasteiger partial charge is 0.544 e. The summed E-state index contributed by atoms with van der Waals surface area (Å²) in [5, 5.41) is 20.0. The molecule has 1 atom stereocenters. The molecule has 0 spiro atoms. The summed E-state index contributed by atoms with van der Waals surface area (Å²) in [5.74, 6) is -7.09. The van der Waals surface area contributed by atoms with Crippen LogP contribution in [-0.2, 0) is 9.53 Å². The topological polar surface area (TPSA) is 89.9 Å². The normalized spacial score (nSPS) is 23.2. The molecule has 0 aromatic carbocycles. The number of halogens is 2. The van der Waals surface area contributed by atoms with Crippen molar-refractivity contribution in [2.24, 2.45) is 0 Å². The zero-order chi connectivity index (χ0) is 15.1. The van der Waals surface area contributed by atoms with Crippen LogP contribution in [0.2, 0.25) is 0 Å². The summed E-state index contributed by atoms with van der Waals surface area (Å²) >= 11 is 0. The predicted molar refractivity (Wildman–Crippen MR) is 57.3 cm³/mol. The summed E-state index contributed by atoms with van der Waals surface area (Å²) in [6.45, 7) is 3.77. The summed E-state index contributed by atoms with van der Waals surface area (Å²) in [4.78, 5) is 22.8. The number of amides is 1. The van der Waals surface area contributed by atoms with Gasteiger partial charge in [0.25, 0.3) is 0 Å². The molecule has 1 N–H and O–H groups in total. The maximum atomic E-state index is 13.3. The number of nitrogens with zero attached hydrogens (tertiary/aromatic N) is 1. The Hall–Kier alpha value is -0.440. The molecule has 0 aromatic rings. The summed E-state index contributed by atoms with van der Waals surface area (Å²) in [6, 6.07) is 0. The van der Waals surface area contributed by atoms with Crippen LogP contribution in [0.15, 0.2) is 0 Å². The van der Waals surface area contributed by atoms with Gasteiger partial charge in [-0.25, -0.2) is 4.79 Å². The van der Waals surface area contributed by atoms with Gasteiger partial charge in [0.05, 0.1) is 6.54 Å². The number of alkyl halides is 2. The van der Waals surface area contributed by atoms with Gasteiger partial charge in [-0.3, -0.25) is 0 Å². The largest absolute Gasteiger partial charge is 1.00 e. The van der Waals surface area contributed by atoms with E-state index >= 15 is 0 Å². The third-order valence-electron chi connectivity index (χ3n) is 2.74. The van der Waals surface area contributed by atoms with Gasteiger partial charge in [0.1, 0.15) is 11.6 Å². The van der Waals surface area contributed by atoms with Crippen LogP contribution in [0.4, 0.5) is 13.6 Å². The number of aliphatic hydroxyl groups is 1. The summed E-state index contributed by atoms with van der Waals surface area (Å²) in [7, 11) is 0. The molecule has 1 heterocycles. The number of carbonyl (C=O) groups excluding carboxylic acids is 2. The number of hydrogen-bond acceptors (Lipinski definition) is 5. The van der Waals surface area contributed by atoms with Crippen molar-refractivity contribution in [2.75, 3.05) is 13.1 Å². The molecule has 1 aliphatic rings. The van der Waals surface area contributed by atoms with Crippen LogP contribution in [0, 0.1) is 0 Å². The molecule has 9 heteroatoms. The summed E-state index contributed by atoms with van der Waals surface area (Å²) in [5.41, 5.74) is -3.64. The first-order chi connectivity index (χ1) is 8.39. The monoisotopic (exact) mass is 303 g/mol. The predicted octanol–water partition coefficient (Wildman–Crippen LogP) is -3.25. The van der Waals surface area contributed by atoms with Gasteiger partial charge < -0.3 is 24.6 Å². The molecule has 1 aliphatic heterocycles. The van der Waals surface area contributed by atoms with Gasteiger partial charge in [-0.1, -0.05) is 0 Å². The molecule has 20 heavy (non-hydrogen) atoms. The molecule has 6 nitrogen and oxygen atoms in total. The van der Waals surface area contributed by atoms with Crippen molar-refractivity contribution in [3.8, 4) is 0 Å². The van der Waals surface area contributed by atoms with E-state index in [4.69, 9.17) is 4.74 Å². The molecule has 1 amide bonds. The maximum absolute atomic E-state index is 13.3. The Morgan fingerprint density at radius 1 is 1.35 bits per heavy atom. The van der Waals surface area contributed by atoms with Crippen LogP contribution in [0.3, 0.4) is 0 Å². The van der Waals surface area contributed by atoms with Gasteiger partial charge in [-0.15, -0.1) is 0 Å². The average molecular weight is 303 g/mol. The van der Waals surface area contributed by atoms with Crippen molar-refractivity contribution in [3.05, 3.63) is 0 Å². The number of aliphatic carboxylic acids is 1. The Balaban J connectivity index is 0.00000361. The molecule has 0 aromatic heterocycles. The number of likely N-dealkylation sites (tertiary alicyclic amines) is 1. The second kappa shape index (κ2) is 6.13. The fraction of sp³-hybridized carbons (Fsp3) is 0.818. The minimum absolute atomic E-state index is 0. The number of rotatable bonds is 2. The van der Waals surface area contributed by atoms with E-state index in [1.807, 2.05) is 0 Å². The van der Waals surface area contributed by atoms with Crippen molar-refractivity contribution in [1.29, 1.82) is 0 Å². The van der Waals surface area contributed by atoms with Gasteiger partial charge in [-0.05, 0) is 20.8 Å². The minimum Gasteiger partial charge on any atom is -0.544 e. The van der Waals surface area contributed by atoms with E-state index in [1.165, 1.54) is 0 Å². The van der Waals surface area contributed by atoms with E-state index in [-0.39, 0.29) is 36.1 Å². The average Bonchev–Trinajstić information content (AvgIpc) is 2.59. The fourth-order valence-electron chi connectivity index (χ4n) is 1.72. The molecule has 1 rings (SSSR count). The number of carbonyl (C=O) groups is 2. The molecule has 0 bridgehead atoms. The molecule has 0 radical (unpaired) electrons. The second-order valence-electron chi connectivity index (χ2n) is 5.55. The first kappa shape index (κ1) is 19.6. The Bertz CT molecular complexity index is 399. The number of β-amino-alcohol motifs (C(OH)–C–C–N with tert-alkyl or cyclic N) is 1. The number of carboxylic acids is 1. The van der Waals surface area contributed by atoms with Gasteiger partial charge in [0.15, 0.2) is 5.60 Å². The summed E-state index contributed by atoms with van der Waals surface area (Å²) < 4.78 is 31.6. The Kier molecular flexibility index (Phi) is 5.99. The van der Waals surface area contributed by atoms with E-state index < -0.39 is 42.2 Å². The van der Waals surface area contributed by atoms with E-state index in [9.17, 15) is 28.6 Å². The molecule has 1 fully saturated rings. The zero-order valence-corrected chi connectivity index (χ0v) is 13.9. The van der Waals surface area contributed by atoms with E-state index in [2.05, 4.69) is 0 Å². The molecule has 110 valence electrons. The number of carboxylic acid groups (broad SMARTS) is 1. The first-order valence-electron chi connectivity index (χ1n) is 5.69. The van der Waals surface area contributed by atoms with Crippen LogP contribution in [0.1, 0.15) is 27.2 Å². The molecule has 1 unspecified atom stereocenters. The van der Waals surface area contributed by atoms with Crippen molar-refractivity contribution in [2.45, 2.75) is 44.3 Å². The van der Waals surface area contributed by atoms with E-state index in [0.29, 0.717) is 0 Å². The van der Waals surface area contributed by atoms with Gasteiger partial charge in [0, 0.05) is 13.0 Å². The van der Waals surface area contributed by atoms with Crippen LogP contribution >= 0.6 is 0 Å². The first-order valence-corrected chi connectivity index (χ1v) is 5.69. The second-order valence-corrected chi connectivity index (χ2v) is 5.55. The standard InChI is InChI=1S/C11H17F2NO5.Na/c1-9(2,3)19-8(17)14-5-4-10(18,6-14)11(12,13)7(15)16;/h18H,4-6H2,1-3H3,(H,15,16);/q;+1/p-1. The third kappa shape index (κ3) is 4.03. The van der Waals surface area contributed by atoms with Crippen LogP contribution in [0.5, 0.6) is 0 Å². The third-order valence-corrected chi connectivity index (χ3v) is 2.74. The zero-order valence-electron chi connectivity index (χ0n) is 11.9. The van der Waals surface area contributed by atoms with Crippen molar-refractivity contribution < 1.29 is 62.9 Å². The van der Waals surface area contributed by atoms with Crippen LogP contribution in [0.25, 0.3) is 0 Å². The van der Waals surface area contributed by atoms with Crippen molar-refractivity contribution >= 4 is 12.1 Å². The fourth-order valence-corrected chi connectivity index (χ4v) is 1.72. The molecular weight excluding hydrogens is 287 g/mol. The summed E-state index contributed by atoms with van der Waals surface area (Å²) in [6.07, 6.45) is -1.44. The SMILES string of the molecule is CC(C)(C)OC(=O)N1CCC(O)(C(F)(F)C(=O)[O-])C1.[Na+]. The quantitative estimate of drug-likeness (QED) is 0.541. The molecule has 1 saturated heterocycles. The van der Waals surface area contributed by atoms with Gasteiger partial charge >= 0.3 is 41.6 Å². The Morgan fingerprint density at radius 3 is 2.25 bits per heavy atom. The number of ether oxygens (including phenoxy) is 1. The molecular formula is C11H16F2NNaO5. The van der Waals surface area contributed by atoms with Crippen LogP contribution < -0.4 is 34.7 Å². The Labute approximate surface area is 137 Å². The van der Waals surface area contributed by atoms with E-state index in [0.717, 1.165) is 4.90 Å². The maximum Gasteiger partial charge on any atom is 1.00 e. The molecule has 0 saturated carbocycles. The van der Waals surface area contributed by atoms with E-state index in [1.54, 1.807) is 20.8 Å². The number of hydrogen-bond donors (Lipinski definition) is 1. The van der Waals surface area contributed by atoms with Crippen LogP contribution in [-0.4, -0.2) is 52.3 Å². The Morgan fingerprint density at radius 2 is 1.85 bits per heavy atom. The molecule has 0 aliphatic carbocycles. The van der Waals surface area contributed by atoms with Crippen molar-refractivity contribution in [1.82, 2.24) is 4.90 Å². The van der Waals surface area contributed by atoms with Gasteiger partial charge in [0.2, 0.25) is 0 Å². The minimum atomic E-state index is -4.43.